The molecule has 0 saturated carbocycles. The van der Waals surface area contributed by atoms with Gasteiger partial charge in [0.1, 0.15) is 0 Å². The molecule has 0 aliphatic rings. The zero-order valence-electron chi connectivity index (χ0n) is 10.8. The van der Waals surface area contributed by atoms with Crippen molar-refractivity contribution in [1.29, 1.82) is 0 Å². The maximum Gasteiger partial charge on any atom is 0.337 e. The van der Waals surface area contributed by atoms with Crippen molar-refractivity contribution in [2.24, 2.45) is 5.92 Å². The Morgan fingerprint density at radius 2 is 2.16 bits per heavy atom. The van der Waals surface area contributed by atoms with Gasteiger partial charge in [0.2, 0.25) is 10.0 Å². The average molecular weight is 287 g/mol. The molecule has 19 heavy (non-hydrogen) atoms. The number of aliphatic hydroxyl groups is 1. The van der Waals surface area contributed by atoms with Gasteiger partial charge >= 0.3 is 5.97 Å². The average Bonchev–Trinajstić information content (AvgIpc) is 2.44. The molecule has 0 spiro atoms. The molecule has 1 atom stereocenters. The smallest absolute Gasteiger partial charge is 0.337 e. The van der Waals surface area contributed by atoms with E-state index in [0.717, 1.165) is 0 Å². The molecular formula is C12H17NO5S. The second-order valence-electron chi connectivity index (χ2n) is 4.16. The van der Waals surface area contributed by atoms with Crippen molar-refractivity contribution >= 4 is 16.0 Å². The monoisotopic (exact) mass is 287 g/mol. The summed E-state index contributed by atoms with van der Waals surface area (Å²) in [6.45, 7) is 1.74. The Kier molecular flexibility index (Phi) is 5.46. The molecule has 2 N–H and O–H groups in total. The zero-order chi connectivity index (χ0) is 14.5. The highest BCUT2D eigenvalue weighted by molar-refractivity contribution is 7.89. The van der Waals surface area contributed by atoms with Crippen LogP contribution in [0.2, 0.25) is 0 Å². The lowest BCUT2D eigenvalue weighted by atomic mass is 10.2. The highest BCUT2D eigenvalue weighted by Gasteiger charge is 2.17. The molecular weight excluding hydrogens is 270 g/mol. The van der Waals surface area contributed by atoms with Gasteiger partial charge in [-0.2, -0.15) is 0 Å². The molecule has 1 rings (SSSR count). The number of methoxy groups -OCH3 is 1. The number of rotatable bonds is 6. The summed E-state index contributed by atoms with van der Waals surface area (Å²) in [6, 6.07) is 5.58. The summed E-state index contributed by atoms with van der Waals surface area (Å²) >= 11 is 0. The first-order valence-corrected chi connectivity index (χ1v) is 7.18. The lowest BCUT2D eigenvalue weighted by molar-refractivity contribution is 0.0600. The summed E-state index contributed by atoms with van der Waals surface area (Å²) < 4.78 is 30.8. The number of aliphatic hydroxyl groups excluding tert-OH is 1. The minimum absolute atomic E-state index is 0.0134. The molecule has 0 amide bonds. The molecule has 6 nitrogen and oxygen atoms in total. The molecule has 7 heteroatoms. The van der Waals surface area contributed by atoms with Crippen molar-refractivity contribution in [2.45, 2.75) is 11.8 Å². The summed E-state index contributed by atoms with van der Waals surface area (Å²) in [7, 11) is -2.47. The van der Waals surface area contributed by atoms with Crippen LogP contribution in [0.15, 0.2) is 29.2 Å². The van der Waals surface area contributed by atoms with Gasteiger partial charge in [-0.3, -0.25) is 0 Å². The van der Waals surface area contributed by atoms with Crippen molar-refractivity contribution in [3.63, 3.8) is 0 Å². The van der Waals surface area contributed by atoms with Gasteiger partial charge in [0.25, 0.3) is 0 Å². The fourth-order valence-corrected chi connectivity index (χ4v) is 2.52. The lowest BCUT2D eigenvalue weighted by Crippen LogP contribution is -2.29. The van der Waals surface area contributed by atoms with Crippen molar-refractivity contribution in [1.82, 2.24) is 4.72 Å². The molecule has 0 radical (unpaired) electrons. The van der Waals surface area contributed by atoms with E-state index >= 15 is 0 Å². The van der Waals surface area contributed by atoms with Gasteiger partial charge in [0, 0.05) is 13.2 Å². The standard InChI is InChI=1S/C12H17NO5S/c1-9(8-14)7-13-19(16,17)11-5-3-4-10(6-11)12(15)18-2/h3-6,9,13-14H,7-8H2,1-2H3. The molecule has 0 aliphatic heterocycles. The van der Waals surface area contributed by atoms with E-state index in [-0.39, 0.29) is 29.5 Å². The second kappa shape index (κ2) is 6.65. The van der Waals surface area contributed by atoms with Crippen LogP contribution in [0.25, 0.3) is 0 Å². The summed E-state index contributed by atoms with van der Waals surface area (Å²) in [4.78, 5) is 11.3. The Bertz CT molecular complexity index is 541. The number of carbonyl (C=O) groups is 1. The zero-order valence-corrected chi connectivity index (χ0v) is 11.6. The molecule has 1 aromatic rings. The number of carbonyl (C=O) groups excluding carboxylic acids is 1. The van der Waals surface area contributed by atoms with E-state index < -0.39 is 16.0 Å². The van der Waals surface area contributed by atoms with Crippen LogP contribution in [-0.2, 0) is 14.8 Å². The Morgan fingerprint density at radius 1 is 1.47 bits per heavy atom. The van der Waals surface area contributed by atoms with Crippen molar-refractivity contribution < 1.29 is 23.1 Å². The lowest BCUT2D eigenvalue weighted by Gasteiger charge is -2.11. The third kappa shape index (κ3) is 4.30. The van der Waals surface area contributed by atoms with Crippen molar-refractivity contribution in [2.75, 3.05) is 20.3 Å². The van der Waals surface area contributed by atoms with Crippen LogP contribution < -0.4 is 4.72 Å². The van der Waals surface area contributed by atoms with E-state index in [2.05, 4.69) is 9.46 Å². The Labute approximate surface area is 112 Å². The molecule has 0 heterocycles. The number of sulfonamides is 1. The fourth-order valence-electron chi connectivity index (χ4n) is 1.31. The minimum atomic E-state index is -3.70. The molecule has 106 valence electrons. The largest absolute Gasteiger partial charge is 0.465 e. The van der Waals surface area contributed by atoms with Gasteiger partial charge in [0.05, 0.1) is 17.6 Å². The van der Waals surface area contributed by atoms with E-state index in [1.807, 2.05) is 0 Å². The van der Waals surface area contributed by atoms with Crippen LogP contribution >= 0.6 is 0 Å². The fraction of sp³-hybridized carbons (Fsp3) is 0.417. The van der Waals surface area contributed by atoms with Crippen LogP contribution in [0, 0.1) is 5.92 Å². The first-order chi connectivity index (χ1) is 8.90. The van der Waals surface area contributed by atoms with Crippen LogP contribution in [0.5, 0.6) is 0 Å². The normalized spacial score (nSPS) is 13.0. The minimum Gasteiger partial charge on any atom is -0.465 e. The van der Waals surface area contributed by atoms with Gasteiger partial charge in [-0.25, -0.2) is 17.9 Å². The topological polar surface area (TPSA) is 92.7 Å². The molecule has 1 aromatic carbocycles. The Balaban J connectivity index is 2.92. The summed E-state index contributed by atoms with van der Waals surface area (Å²) in [5.41, 5.74) is 0.167. The maximum atomic E-state index is 12.0. The number of nitrogens with one attached hydrogen (secondary N) is 1. The van der Waals surface area contributed by atoms with E-state index in [0.29, 0.717) is 0 Å². The molecule has 0 aromatic heterocycles. The quantitative estimate of drug-likeness (QED) is 0.738. The van der Waals surface area contributed by atoms with Crippen LogP contribution in [0.3, 0.4) is 0 Å². The maximum absolute atomic E-state index is 12.0. The predicted molar refractivity (Wildman–Crippen MR) is 69.2 cm³/mol. The Morgan fingerprint density at radius 3 is 2.74 bits per heavy atom. The van der Waals surface area contributed by atoms with Crippen molar-refractivity contribution in [3.8, 4) is 0 Å². The van der Waals surface area contributed by atoms with Gasteiger partial charge in [-0.1, -0.05) is 13.0 Å². The number of benzene rings is 1. The number of hydrogen-bond acceptors (Lipinski definition) is 5. The van der Waals surface area contributed by atoms with Crippen molar-refractivity contribution in [3.05, 3.63) is 29.8 Å². The molecule has 0 saturated heterocycles. The van der Waals surface area contributed by atoms with E-state index in [1.54, 1.807) is 6.92 Å². The van der Waals surface area contributed by atoms with Gasteiger partial charge in [-0.05, 0) is 24.1 Å². The number of esters is 1. The number of hydrogen-bond donors (Lipinski definition) is 2. The predicted octanol–water partition coefficient (Wildman–Crippen LogP) is 0.380. The first-order valence-electron chi connectivity index (χ1n) is 5.69. The summed E-state index contributed by atoms with van der Waals surface area (Å²) in [6.07, 6.45) is 0. The number of ether oxygens (including phenoxy) is 1. The summed E-state index contributed by atoms with van der Waals surface area (Å²) in [5, 5.41) is 8.85. The van der Waals surface area contributed by atoms with E-state index in [4.69, 9.17) is 5.11 Å². The third-order valence-corrected chi connectivity index (χ3v) is 3.92. The summed E-state index contributed by atoms with van der Waals surface area (Å²) in [5.74, 6) is -0.778. The molecule has 0 bridgehead atoms. The third-order valence-electron chi connectivity index (χ3n) is 2.50. The molecule has 1 unspecified atom stereocenters. The highest BCUT2D eigenvalue weighted by atomic mass is 32.2. The molecule has 0 fully saturated rings. The van der Waals surface area contributed by atoms with E-state index in [1.165, 1.54) is 31.4 Å². The van der Waals surface area contributed by atoms with Gasteiger partial charge < -0.3 is 9.84 Å². The highest BCUT2D eigenvalue weighted by Crippen LogP contribution is 2.12. The van der Waals surface area contributed by atoms with Crippen LogP contribution in [0.4, 0.5) is 0 Å². The second-order valence-corrected chi connectivity index (χ2v) is 5.93. The van der Waals surface area contributed by atoms with Gasteiger partial charge in [0.15, 0.2) is 0 Å². The molecule has 0 aliphatic carbocycles. The first kappa shape index (κ1) is 15.6. The van der Waals surface area contributed by atoms with Gasteiger partial charge in [-0.15, -0.1) is 0 Å². The van der Waals surface area contributed by atoms with Crippen LogP contribution in [-0.4, -0.2) is 39.8 Å². The van der Waals surface area contributed by atoms with Crippen LogP contribution in [0.1, 0.15) is 17.3 Å². The Hall–Kier alpha value is -1.44. The van der Waals surface area contributed by atoms with E-state index in [9.17, 15) is 13.2 Å². The SMILES string of the molecule is COC(=O)c1cccc(S(=O)(=O)NCC(C)CO)c1.